The van der Waals surface area contributed by atoms with Gasteiger partial charge in [-0.3, -0.25) is 0 Å². The minimum absolute atomic E-state index is 0.149. The first-order valence-electron chi connectivity index (χ1n) is 6.17. The first kappa shape index (κ1) is 12.0. The molecule has 3 rings (SSSR count). The highest BCUT2D eigenvalue weighted by atomic mass is 16.4. The fraction of sp³-hybridized carbons (Fsp3) is 0.267. The summed E-state index contributed by atoms with van der Waals surface area (Å²) in [7, 11) is 0. The second-order valence-corrected chi connectivity index (χ2v) is 4.99. The molecule has 2 aromatic rings. The second-order valence-electron chi connectivity index (χ2n) is 4.99. The highest BCUT2D eigenvalue weighted by Gasteiger charge is 2.41. The number of hydrogen-bond acceptors (Lipinski definition) is 3. The van der Waals surface area contributed by atoms with Crippen molar-refractivity contribution in [2.45, 2.75) is 25.4 Å². The Bertz CT molecular complexity index is 656. The molecule has 0 amide bonds. The van der Waals surface area contributed by atoms with Gasteiger partial charge in [0, 0.05) is 0 Å². The van der Waals surface area contributed by atoms with Gasteiger partial charge in [0.15, 0.2) is 0 Å². The molecule has 0 saturated heterocycles. The molecule has 2 N–H and O–H groups in total. The third kappa shape index (κ3) is 1.76. The lowest BCUT2D eigenvalue weighted by atomic mass is 9.92. The van der Waals surface area contributed by atoms with Crippen LogP contribution in [0.15, 0.2) is 34.7 Å². The standard InChI is InChI=1S/C15H14O4/c1-9-2-3-10-6-7-15(18,11(10)8-9)13-5-4-12(19-13)14(16)17/h2-5,8,18H,6-7H2,1H3,(H,16,17). The van der Waals surface area contributed by atoms with Gasteiger partial charge in [0.1, 0.15) is 11.4 Å². The van der Waals surface area contributed by atoms with E-state index in [1.165, 1.54) is 6.07 Å². The van der Waals surface area contributed by atoms with Gasteiger partial charge in [0.25, 0.3) is 0 Å². The van der Waals surface area contributed by atoms with Crippen LogP contribution >= 0.6 is 0 Å². The Morgan fingerprint density at radius 3 is 2.79 bits per heavy atom. The van der Waals surface area contributed by atoms with Crippen molar-refractivity contribution in [2.24, 2.45) is 0 Å². The summed E-state index contributed by atoms with van der Waals surface area (Å²) in [4.78, 5) is 10.9. The van der Waals surface area contributed by atoms with E-state index in [0.29, 0.717) is 12.2 Å². The number of carboxylic acids is 1. The van der Waals surface area contributed by atoms with Crippen LogP contribution in [0.4, 0.5) is 0 Å². The number of carbonyl (C=O) groups is 1. The van der Waals surface area contributed by atoms with E-state index >= 15 is 0 Å². The van der Waals surface area contributed by atoms with Crippen molar-refractivity contribution in [3.63, 3.8) is 0 Å². The van der Waals surface area contributed by atoms with Crippen molar-refractivity contribution in [2.75, 3.05) is 0 Å². The minimum Gasteiger partial charge on any atom is -0.475 e. The number of hydrogen-bond donors (Lipinski definition) is 2. The van der Waals surface area contributed by atoms with Gasteiger partial charge in [-0.1, -0.05) is 23.8 Å². The van der Waals surface area contributed by atoms with E-state index in [0.717, 1.165) is 23.1 Å². The summed E-state index contributed by atoms with van der Waals surface area (Å²) in [5.41, 5.74) is 1.75. The molecule has 1 aromatic heterocycles. The zero-order chi connectivity index (χ0) is 13.6. The van der Waals surface area contributed by atoms with Crippen molar-refractivity contribution in [3.8, 4) is 0 Å². The van der Waals surface area contributed by atoms with Gasteiger partial charge >= 0.3 is 5.97 Å². The van der Waals surface area contributed by atoms with E-state index in [9.17, 15) is 9.90 Å². The second kappa shape index (κ2) is 3.96. The smallest absolute Gasteiger partial charge is 0.371 e. The molecule has 1 aliphatic carbocycles. The van der Waals surface area contributed by atoms with Crippen LogP contribution in [0.2, 0.25) is 0 Å². The lowest BCUT2D eigenvalue weighted by molar-refractivity contribution is 0.0518. The third-order valence-electron chi connectivity index (χ3n) is 3.69. The molecule has 0 spiro atoms. The predicted octanol–water partition coefficient (Wildman–Crippen LogP) is 2.47. The molecule has 1 heterocycles. The van der Waals surface area contributed by atoms with Crippen LogP contribution in [0.25, 0.3) is 0 Å². The van der Waals surface area contributed by atoms with E-state index in [1.54, 1.807) is 6.07 Å². The fourth-order valence-corrected chi connectivity index (χ4v) is 2.67. The predicted molar refractivity (Wildman–Crippen MR) is 68.2 cm³/mol. The average Bonchev–Trinajstić information content (AvgIpc) is 2.96. The molecule has 4 nitrogen and oxygen atoms in total. The third-order valence-corrected chi connectivity index (χ3v) is 3.69. The number of aryl methyl sites for hydroxylation is 2. The molecule has 0 radical (unpaired) electrons. The first-order valence-corrected chi connectivity index (χ1v) is 6.17. The first-order chi connectivity index (χ1) is 9.00. The lowest BCUT2D eigenvalue weighted by Crippen LogP contribution is -2.23. The average molecular weight is 258 g/mol. The van der Waals surface area contributed by atoms with Gasteiger partial charge in [0.05, 0.1) is 0 Å². The Hall–Kier alpha value is -2.07. The van der Waals surface area contributed by atoms with Crippen molar-refractivity contribution >= 4 is 5.97 Å². The summed E-state index contributed by atoms with van der Waals surface area (Å²) in [6.45, 7) is 1.96. The molecule has 0 aliphatic heterocycles. The van der Waals surface area contributed by atoms with Crippen LogP contribution in [-0.4, -0.2) is 16.2 Å². The maximum Gasteiger partial charge on any atom is 0.371 e. The monoisotopic (exact) mass is 258 g/mol. The molecule has 0 fully saturated rings. The van der Waals surface area contributed by atoms with E-state index in [1.807, 2.05) is 25.1 Å². The number of aromatic carboxylic acids is 1. The summed E-state index contributed by atoms with van der Waals surface area (Å²) in [6.07, 6.45) is 1.27. The normalized spacial score (nSPS) is 21.4. The summed E-state index contributed by atoms with van der Waals surface area (Å²) < 4.78 is 5.28. The van der Waals surface area contributed by atoms with Crippen LogP contribution in [0.3, 0.4) is 0 Å². The topological polar surface area (TPSA) is 70.7 Å². The molecular formula is C15H14O4. The molecule has 1 unspecified atom stereocenters. The van der Waals surface area contributed by atoms with E-state index in [4.69, 9.17) is 9.52 Å². The largest absolute Gasteiger partial charge is 0.475 e. The number of benzene rings is 1. The van der Waals surface area contributed by atoms with Crippen LogP contribution in [-0.2, 0) is 12.0 Å². The van der Waals surface area contributed by atoms with Crippen molar-refractivity contribution < 1.29 is 19.4 Å². The zero-order valence-corrected chi connectivity index (χ0v) is 10.5. The Morgan fingerprint density at radius 1 is 1.32 bits per heavy atom. The molecule has 0 bridgehead atoms. The number of fused-ring (bicyclic) bond motifs is 1. The van der Waals surface area contributed by atoms with Crippen molar-refractivity contribution in [1.82, 2.24) is 0 Å². The lowest BCUT2D eigenvalue weighted by Gasteiger charge is -2.21. The van der Waals surface area contributed by atoms with E-state index in [-0.39, 0.29) is 5.76 Å². The number of carboxylic acid groups (broad SMARTS) is 1. The highest BCUT2D eigenvalue weighted by molar-refractivity contribution is 5.84. The summed E-state index contributed by atoms with van der Waals surface area (Å²) in [6, 6.07) is 8.87. The molecule has 1 atom stereocenters. The van der Waals surface area contributed by atoms with Gasteiger partial charge in [-0.25, -0.2) is 4.79 Å². The summed E-state index contributed by atoms with van der Waals surface area (Å²) in [5.74, 6) is -0.976. The molecule has 1 aliphatic rings. The Kier molecular flexibility index (Phi) is 2.50. The minimum atomic E-state index is -1.21. The van der Waals surface area contributed by atoms with E-state index in [2.05, 4.69) is 0 Å². The Balaban J connectivity index is 2.10. The Labute approximate surface area is 110 Å². The SMILES string of the molecule is Cc1ccc2c(c1)C(O)(c1ccc(C(=O)O)o1)CC2. The molecular weight excluding hydrogens is 244 g/mol. The quantitative estimate of drug-likeness (QED) is 0.868. The molecule has 19 heavy (non-hydrogen) atoms. The van der Waals surface area contributed by atoms with Crippen LogP contribution in [0, 0.1) is 6.92 Å². The highest BCUT2D eigenvalue weighted by Crippen LogP contribution is 2.42. The van der Waals surface area contributed by atoms with Crippen molar-refractivity contribution in [1.29, 1.82) is 0 Å². The molecule has 4 heteroatoms. The zero-order valence-electron chi connectivity index (χ0n) is 10.5. The summed E-state index contributed by atoms with van der Waals surface area (Å²) in [5, 5.41) is 19.7. The van der Waals surface area contributed by atoms with Crippen LogP contribution < -0.4 is 0 Å². The number of aliphatic hydroxyl groups is 1. The molecule has 1 aromatic carbocycles. The van der Waals surface area contributed by atoms with Gasteiger partial charge in [-0.15, -0.1) is 0 Å². The number of furan rings is 1. The van der Waals surface area contributed by atoms with Gasteiger partial charge < -0.3 is 14.6 Å². The van der Waals surface area contributed by atoms with Gasteiger partial charge in [-0.05, 0) is 43.0 Å². The number of rotatable bonds is 2. The maximum atomic E-state index is 10.9. The maximum absolute atomic E-state index is 10.9. The molecule has 98 valence electrons. The van der Waals surface area contributed by atoms with Crippen LogP contribution in [0.1, 0.15) is 39.4 Å². The van der Waals surface area contributed by atoms with E-state index < -0.39 is 11.6 Å². The fourth-order valence-electron chi connectivity index (χ4n) is 2.67. The molecule has 0 saturated carbocycles. The summed E-state index contributed by atoms with van der Waals surface area (Å²) >= 11 is 0. The van der Waals surface area contributed by atoms with Gasteiger partial charge in [0.2, 0.25) is 5.76 Å². The van der Waals surface area contributed by atoms with Gasteiger partial charge in [-0.2, -0.15) is 0 Å². The Morgan fingerprint density at radius 2 is 2.11 bits per heavy atom. The van der Waals surface area contributed by atoms with Crippen molar-refractivity contribution in [3.05, 3.63) is 58.5 Å². The van der Waals surface area contributed by atoms with Crippen LogP contribution in [0.5, 0.6) is 0 Å².